The average Bonchev–Trinajstić information content (AvgIpc) is 3.26. The Kier molecular flexibility index (Phi) is 6.24. The Balaban J connectivity index is 1.10. The molecule has 5 rings (SSSR count). The molecule has 7 nitrogen and oxygen atoms in total. The fourth-order valence-electron chi connectivity index (χ4n) is 4.28. The maximum atomic E-state index is 12.3. The minimum Gasteiger partial charge on any atom is -0.368 e. The first-order valence-electron chi connectivity index (χ1n) is 11.1. The van der Waals surface area contributed by atoms with Crippen LogP contribution in [0.25, 0.3) is 21.8 Å². The van der Waals surface area contributed by atoms with Crippen LogP contribution in [0.5, 0.6) is 0 Å². The highest BCUT2D eigenvalue weighted by Crippen LogP contribution is 2.28. The third-order valence-corrected chi connectivity index (χ3v) is 6.30. The fraction of sp³-hybridized carbons (Fsp3) is 0.240. The van der Waals surface area contributed by atoms with Gasteiger partial charge in [0.15, 0.2) is 0 Å². The van der Waals surface area contributed by atoms with Gasteiger partial charge in [0.05, 0.1) is 11.7 Å². The molecule has 0 bridgehead atoms. The maximum Gasteiger partial charge on any atom is 0.241 e. The molecule has 1 aliphatic rings. The minimum atomic E-state index is -0.0782. The van der Waals surface area contributed by atoms with Crippen LogP contribution in [-0.4, -0.2) is 59.7 Å². The maximum absolute atomic E-state index is 12.3. The molecule has 168 valence electrons. The molecular formula is C25H25ClN6O. The number of H-pyrrole nitrogens is 1. The van der Waals surface area contributed by atoms with Gasteiger partial charge in [0.1, 0.15) is 0 Å². The van der Waals surface area contributed by atoms with Crippen LogP contribution >= 0.6 is 11.6 Å². The van der Waals surface area contributed by atoms with Crippen molar-refractivity contribution in [1.29, 1.82) is 0 Å². The molecule has 4 aromatic rings. The van der Waals surface area contributed by atoms with Crippen LogP contribution in [-0.2, 0) is 4.79 Å². The Bertz CT molecular complexity index is 1310. The van der Waals surface area contributed by atoms with Crippen LogP contribution in [0.1, 0.15) is 12.0 Å². The second kappa shape index (κ2) is 9.60. The van der Waals surface area contributed by atoms with E-state index in [4.69, 9.17) is 11.6 Å². The number of carbonyl (C=O) groups excluding carboxylic acids is 1. The van der Waals surface area contributed by atoms with Crippen molar-refractivity contribution < 1.29 is 4.79 Å². The van der Waals surface area contributed by atoms with Gasteiger partial charge in [0.25, 0.3) is 0 Å². The summed E-state index contributed by atoms with van der Waals surface area (Å²) in [6, 6.07) is 15.9. The molecule has 0 spiro atoms. The second-order valence-electron chi connectivity index (χ2n) is 8.15. The largest absolute Gasteiger partial charge is 0.368 e. The summed E-state index contributed by atoms with van der Waals surface area (Å²) in [6.07, 6.45) is 5.82. The molecule has 1 aliphatic heterocycles. The molecule has 0 saturated carbocycles. The van der Waals surface area contributed by atoms with Crippen LogP contribution < -0.4 is 10.3 Å². The molecule has 2 aromatic carbocycles. The predicted octanol–water partition coefficient (Wildman–Crippen LogP) is 4.03. The lowest BCUT2D eigenvalue weighted by Crippen LogP contribution is -2.47. The van der Waals surface area contributed by atoms with Crippen molar-refractivity contribution in [3.63, 3.8) is 0 Å². The average molecular weight is 461 g/mol. The molecule has 1 amide bonds. The normalized spacial score (nSPS) is 15.0. The number of nitrogens with zero attached hydrogens (tertiary/aromatic N) is 4. The highest BCUT2D eigenvalue weighted by molar-refractivity contribution is 6.31. The van der Waals surface area contributed by atoms with E-state index < -0.39 is 0 Å². The van der Waals surface area contributed by atoms with Gasteiger partial charge in [-0.05, 0) is 30.3 Å². The van der Waals surface area contributed by atoms with E-state index in [1.807, 2.05) is 54.9 Å². The summed E-state index contributed by atoms with van der Waals surface area (Å²) in [6.45, 7) is 4.34. The van der Waals surface area contributed by atoms with Crippen LogP contribution in [0.15, 0.2) is 66.0 Å². The van der Waals surface area contributed by atoms with Gasteiger partial charge in [-0.1, -0.05) is 29.8 Å². The highest BCUT2D eigenvalue weighted by atomic mass is 35.5. The van der Waals surface area contributed by atoms with E-state index in [0.717, 1.165) is 60.1 Å². The number of amides is 1. The number of pyridine rings is 1. The third kappa shape index (κ3) is 4.84. The van der Waals surface area contributed by atoms with Crippen molar-refractivity contribution in [2.45, 2.75) is 6.42 Å². The Labute approximate surface area is 197 Å². The van der Waals surface area contributed by atoms with Gasteiger partial charge in [0.2, 0.25) is 5.91 Å². The van der Waals surface area contributed by atoms with E-state index in [0.29, 0.717) is 11.4 Å². The standard InChI is InChI=1S/C25H25ClN6O/c26-19-5-6-21-23(15-19)27-9-7-24(21)32-13-11-31(12-14-32)10-8-25(33)30-29-17-18-16-28-22-4-2-1-3-20(18)22/h1-7,9,15-17,28H,8,10-14H2,(H,30,33)/b29-17+. The summed E-state index contributed by atoms with van der Waals surface area (Å²) < 4.78 is 0. The van der Waals surface area contributed by atoms with Crippen LogP contribution in [0, 0.1) is 0 Å². The number of hydrazone groups is 1. The van der Waals surface area contributed by atoms with Gasteiger partial charge in [-0.25, -0.2) is 5.43 Å². The summed E-state index contributed by atoms with van der Waals surface area (Å²) in [5.41, 5.74) is 6.74. The Morgan fingerprint density at radius 1 is 1.12 bits per heavy atom. The number of anilines is 1. The molecule has 0 atom stereocenters. The van der Waals surface area contributed by atoms with Gasteiger partial charge >= 0.3 is 0 Å². The summed E-state index contributed by atoms with van der Waals surface area (Å²) >= 11 is 6.11. The van der Waals surface area contributed by atoms with Crippen molar-refractivity contribution in [3.05, 3.63) is 71.5 Å². The molecule has 0 aliphatic carbocycles. The number of aromatic nitrogens is 2. The van der Waals surface area contributed by atoms with Crippen molar-refractivity contribution in [2.75, 3.05) is 37.6 Å². The number of piperazine rings is 1. The zero-order valence-corrected chi connectivity index (χ0v) is 18.9. The first-order chi connectivity index (χ1) is 16.2. The predicted molar refractivity (Wildman–Crippen MR) is 134 cm³/mol. The first-order valence-corrected chi connectivity index (χ1v) is 11.4. The first kappa shape index (κ1) is 21.4. The summed E-state index contributed by atoms with van der Waals surface area (Å²) in [5, 5.41) is 7.02. The number of aromatic amines is 1. The molecule has 1 saturated heterocycles. The Morgan fingerprint density at radius 2 is 1.97 bits per heavy atom. The van der Waals surface area contributed by atoms with E-state index in [1.54, 1.807) is 6.21 Å². The van der Waals surface area contributed by atoms with Crippen molar-refractivity contribution in [2.24, 2.45) is 5.10 Å². The van der Waals surface area contributed by atoms with Gasteiger partial charge in [-0.15, -0.1) is 0 Å². The van der Waals surface area contributed by atoms with Gasteiger partial charge < -0.3 is 9.88 Å². The number of benzene rings is 2. The van der Waals surface area contributed by atoms with Crippen LogP contribution in [0.3, 0.4) is 0 Å². The zero-order chi connectivity index (χ0) is 22.6. The molecular weight excluding hydrogens is 436 g/mol. The SMILES string of the molecule is O=C(CCN1CCN(c2ccnc3cc(Cl)ccc23)CC1)N/N=C/c1c[nH]c2ccccc12. The Hall–Kier alpha value is -3.42. The number of hydrogen-bond donors (Lipinski definition) is 2. The van der Waals surface area contributed by atoms with Crippen molar-refractivity contribution in [3.8, 4) is 0 Å². The van der Waals surface area contributed by atoms with Crippen molar-refractivity contribution >= 4 is 51.2 Å². The number of fused-ring (bicyclic) bond motifs is 2. The zero-order valence-electron chi connectivity index (χ0n) is 18.2. The minimum absolute atomic E-state index is 0.0782. The number of rotatable bonds is 6. The lowest BCUT2D eigenvalue weighted by molar-refractivity contribution is -0.121. The number of hydrogen-bond acceptors (Lipinski definition) is 5. The molecule has 1 fully saturated rings. The molecule has 2 aromatic heterocycles. The molecule has 3 heterocycles. The lowest BCUT2D eigenvalue weighted by Gasteiger charge is -2.36. The van der Waals surface area contributed by atoms with E-state index in [-0.39, 0.29) is 5.91 Å². The van der Waals surface area contributed by atoms with E-state index in [2.05, 4.69) is 36.4 Å². The van der Waals surface area contributed by atoms with Gasteiger partial charge in [-0.3, -0.25) is 14.7 Å². The number of para-hydroxylation sites is 1. The molecule has 0 unspecified atom stereocenters. The third-order valence-electron chi connectivity index (χ3n) is 6.06. The molecule has 0 radical (unpaired) electrons. The summed E-state index contributed by atoms with van der Waals surface area (Å²) in [4.78, 5) is 24.6. The Morgan fingerprint density at radius 3 is 2.85 bits per heavy atom. The lowest BCUT2D eigenvalue weighted by atomic mass is 10.1. The molecule has 8 heteroatoms. The van der Waals surface area contributed by atoms with Crippen LogP contribution in [0.2, 0.25) is 5.02 Å². The second-order valence-corrected chi connectivity index (χ2v) is 8.59. The number of halogens is 1. The fourth-order valence-corrected chi connectivity index (χ4v) is 4.45. The van der Waals surface area contributed by atoms with Crippen molar-refractivity contribution in [1.82, 2.24) is 20.3 Å². The van der Waals surface area contributed by atoms with Gasteiger partial charge in [0, 0.05) is 84.1 Å². The molecule has 33 heavy (non-hydrogen) atoms. The van der Waals surface area contributed by atoms with Crippen LogP contribution in [0.4, 0.5) is 5.69 Å². The van der Waals surface area contributed by atoms with Gasteiger partial charge in [-0.2, -0.15) is 5.10 Å². The summed E-state index contributed by atoms with van der Waals surface area (Å²) in [5.74, 6) is -0.0782. The highest BCUT2D eigenvalue weighted by Gasteiger charge is 2.19. The molecule has 2 N–H and O–H groups in total. The quantitative estimate of drug-likeness (QED) is 0.336. The van der Waals surface area contributed by atoms with E-state index in [1.165, 1.54) is 5.69 Å². The monoisotopic (exact) mass is 460 g/mol. The number of carbonyl (C=O) groups is 1. The van der Waals surface area contributed by atoms with E-state index in [9.17, 15) is 4.79 Å². The number of nitrogens with one attached hydrogen (secondary N) is 2. The topological polar surface area (TPSA) is 76.6 Å². The smallest absolute Gasteiger partial charge is 0.241 e. The van der Waals surface area contributed by atoms with E-state index >= 15 is 0 Å². The summed E-state index contributed by atoms with van der Waals surface area (Å²) in [7, 11) is 0.